The Morgan fingerprint density at radius 2 is 1.86 bits per heavy atom. The molecule has 0 aromatic carbocycles. The van der Waals surface area contributed by atoms with E-state index in [9.17, 15) is 0 Å². The van der Waals surface area contributed by atoms with Crippen LogP contribution in [0.25, 0.3) is 0 Å². The number of fused-ring (bicyclic) bond motifs is 2. The summed E-state index contributed by atoms with van der Waals surface area (Å²) in [5.41, 5.74) is 0.238. The Morgan fingerprint density at radius 1 is 1.09 bits per heavy atom. The van der Waals surface area contributed by atoms with Crippen molar-refractivity contribution < 1.29 is 4.74 Å². The molecule has 3 atom stereocenters. The van der Waals surface area contributed by atoms with E-state index >= 15 is 0 Å². The van der Waals surface area contributed by atoms with Gasteiger partial charge in [-0.1, -0.05) is 25.7 Å². The topological polar surface area (TPSA) is 27.7 Å². The third kappa shape index (κ3) is 4.02. The molecule has 3 fully saturated rings. The van der Waals surface area contributed by atoms with Crippen molar-refractivity contribution in [3.8, 4) is 0 Å². The van der Waals surface area contributed by atoms with E-state index in [4.69, 9.17) is 4.74 Å². The largest absolute Gasteiger partial charge is 0.378 e. The van der Waals surface area contributed by atoms with Gasteiger partial charge in [0.15, 0.2) is 0 Å². The molecule has 3 aliphatic rings. The molecule has 3 heterocycles. The van der Waals surface area contributed by atoms with Gasteiger partial charge in [-0.2, -0.15) is 0 Å². The summed E-state index contributed by atoms with van der Waals surface area (Å²) in [6.07, 6.45) is 8.91. The van der Waals surface area contributed by atoms with Gasteiger partial charge in [-0.05, 0) is 33.6 Å². The Balaban J connectivity index is 1.63. The molecule has 0 aromatic rings. The van der Waals surface area contributed by atoms with Crippen LogP contribution in [0.2, 0.25) is 0 Å². The van der Waals surface area contributed by atoms with Gasteiger partial charge in [-0.25, -0.2) is 0 Å². The van der Waals surface area contributed by atoms with E-state index in [0.29, 0.717) is 12.2 Å². The first-order valence-corrected chi connectivity index (χ1v) is 9.38. The highest BCUT2D eigenvalue weighted by molar-refractivity contribution is 4.93. The van der Waals surface area contributed by atoms with Crippen LogP contribution < -0.4 is 5.32 Å². The number of ether oxygens (including phenoxy) is 1. The molecule has 0 radical (unpaired) electrons. The Labute approximate surface area is 136 Å². The minimum atomic E-state index is 0.238. The Bertz CT molecular complexity index is 355. The van der Waals surface area contributed by atoms with Gasteiger partial charge >= 0.3 is 0 Å². The predicted molar refractivity (Wildman–Crippen MR) is 91.1 cm³/mol. The monoisotopic (exact) mass is 309 g/mol. The van der Waals surface area contributed by atoms with Crippen LogP contribution in [0.4, 0.5) is 0 Å². The summed E-state index contributed by atoms with van der Waals surface area (Å²) in [4.78, 5) is 5.38. The van der Waals surface area contributed by atoms with E-state index in [1.165, 1.54) is 45.1 Å². The average molecular weight is 309 g/mol. The number of hydrogen-bond acceptors (Lipinski definition) is 4. The van der Waals surface area contributed by atoms with Crippen molar-refractivity contribution in [3.05, 3.63) is 0 Å². The molecule has 1 N–H and O–H groups in total. The van der Waals surface area contributed by atoms with Crippen molar-refractivity contribution in [2.24, 2.45) is 0 Å². The summed E-state index contributed by atoms with van der Waals surface area (Å²) in [5.74, 6) is 0. The predicted octanol–water partition coefficient (Wildman–Crippen LogP) is 2.44. The fourth-order valence-electron chi connectivity index (χ4n) is 4.52. The van der Waals surface area contributed by atoms with Gasteiger partial charge in [0.1, 0.15) is 0 Å². The molecule has 3 aliphatic heterocycles. The molecule has 0 spiro atoms. The Morgan fingerprint density at radius 3 is 2.64 bits per heavy atom. The second kappa shape index (κ2) is 7.16. The minimum absolute atomic E-state index is 0.238. The van der Waals surface area contributed by atoms with Gasteiger partial charge in [0.05, 0.1) is 19.4 Å². The summed E-state index contributed by atoms with van der Waals surface area (Å²) in [6.45, 7) is 12.3. The van der Waals surface area contributed by atoms with Crippen molar-refractivity contribution in [3.63, 3.8) is 0 Å². The Kier molecular flexibility index (Phi) is 5.43. The molecule has 3 rings (SSSR count). The summed E-state index contributed by atoms with van der Waals surface area (Å²) in [5, 5.41) is 3.89. The van der Waals surface area contributed by atoms with Crippen LogP contribution in [0.5, 0.6) is 0 Å². The van der Waals surface area contributed by atoms with E-state index in [2.05, 4.69) is 35.9 Å². The summed E-state index contributed by atoms with van der Waals surface area (Å²) >= 11 is 0. The third-order valence-corrected chi connectivity index (χ3v) is 5.64. The molecule has 128 valence electrons. The van der Waals surface area contributed by atoms with Crippen molar-refractivity contribution in [1.29, 1.82) is 0 Å². The van der Waals surface area contributed by atoms with Gasteiger partial charge in [-0.3, -0.25) is 15.1 Å². The molecule has 4 heteroatoms. The first-order valence-electron chi connectivity index (χ1n) is 9.38. The Hall–Kier alpha value is -0.160. The van der Waals surface area contributed by atoms with Crippen LogP contribution in [0.15, 0.2) is 0 Å². The van der Waals surface area contributed by atoms with Crippen LogP contribution in [0.3, 0.4) is 0 Å². The second-order valence-corrected chi connectivity index (χ2v) is 8.42. The number of nitrogens with one attached hydrogen (secondary N) is 1. The van der Waals surface area contributed by atoms with Crippen LogP contribution in [0, 0.1) is 0 Å². The van der Waals surface area contributed by atoms with E-state index in [1.54, 1.807) is 0 Å². The van der Waals surface area contributed by atoms with Gasteiger partial charge in [-0.15, -0.1) is 0 Å². The normalized spacial score (nSPS) is 35.9. The lowest BCUT2D eigenvalue weighted by molar-refractivity contribution is -0.0607. The number of nitrogens with zero attached hydrogens (tertiary/aromatic N) is 2. The van der Waals surface area contributed by atoms with Gasteiger partial charge in [0.2, 0.25) is 0 Å². The lowest BCUT2D eigenvalue weighted by Crippen LogP contribution is -2.58. The van der Waals surface area contributed by atoms with E-state index in [1.807, 2.05) is 0 Å². The van der Waals surface area contributed by atoms with Crippen LogP contribution >= 0.6 is 0 Å². The van der Waals surface area contributed by atoms with Crippen molar-refractivity contribution in [1.82, 2.24) is 15.1 Å². The first kappa shape index (κ1) is 16.7. The quantitative estimate of drug-likeness (QED) is 0.848. The number of rotatable bonds is 2. The smallest absolute Gasteiger partial charge is 0.0635 e. The molecule has 3 saturated heterocycles. The van der Waals surface area contributed by atoms with Gasteiger partial charge < -0.3 is 4.74 Å². The molecular weight excluding hydrogens is 274 g/mol. The SMILES string of the molecule is CC(C)(C)N1CCOCC1CN1CC2CCCCCCC1N2. The highest BCUT2D eigenvalue weighted by Gasteiger charge is 2.37. The lowest BCUT2D eigenvalue weighted by Gasteiger charge is -2.46. The highest BCUT2D eigenvalue weighted by atomic mass is 16.5. The standard InChI is InChI=1S/C18H35N3O/c1-18(2,3)21-10-11-22-14-16(21)13-20-12-15-8-6-4-5-7-9-17(20)19-15/h15-17,19H,4-14H2,1-3H3. The zero-order chi connectivity index (χ0) is 15.6. The number of hydrogen-bond donors (Lipinski definition) is 1. The van der Waals surface area contributed by atoms with E-state index in [-0.39, 0.29) is 5.54 Å². The van der Waals surface area contributed by atoms with Crippen LogP contribution in [0.1, 0.15) is 59.3 Å². The summed E-state index contributed by atoms with van der Waals surface area (Å²) in [7, 11) is 0. The molecule has 22 heavy (non-hydrogen) atoms. The van der Waals surface area contributed by atoms with Crippen molar-refractivity contribution in [2.75, 3.05) is 32.8 Å². The number of morpholine rings is 1. The van der Waals surface area contributed by atoms with Gasteiger partial charge in [0, 0.05) is 37.3 Å². The maximum atomic E-state index is 5.81. The lowest BCUT2D eigenvalue weighted by atomic mass is 10.0. The van der Waals surface area contributed by atoms with Crippen LogP contribution in [-0.2, 0) is 4.74 Å². The maximum absolute atomic E-state index is 5.81. The molecule has 0 aromatic heterocycles. The summed E-state index contributed by atoms with van der Waals surface area (Å²) in [6, 6.07) is 1.26. The first-order chi connectivity index (χ1) is 10.5. The molecule has 2 bridgehead atoms. The van der Waals surface area contributed by atoms with E-state index < -0.39 is 0 Å². The van der Waals surface area contributed by atoms with Crippen LogP contribution in [-0.4, -0.2) is 66.4 Å². The van der Waals surface area contributed by atoms with Gasteiger partial charge in [0.25, 0.3) is 0 Å². The summed E-state index contributed by atoms with van der Waals surface area (Å²) < 4.78 is 5.81. The highest BCUT2D eigenvalue weighted by Crippen LogP contribution is 2.25. The second-order valence-electron chi connectivity index (χ2n) is 8.42. The fraction of sp³-hybridized carbons (Fsp3) is 1.00. The molecule has 0 aliphatic carbocycles. The van der Waals surface area contributed by atoms with Crippen molar-refractivity contribution in [2.45, 2.75) is 83.1 Å². The van der Waals surface area contributed by atoms with E-state index in [0.717, 1.165) is 32.3 Å². The zero-order valence-electron chi connectivity index (χ0n) is 14.8. The maximum Gasteiger partial charge on any atom is 0.0635 e. The average Bonchev–Trinajstić information content (AvgIpc) is 2.89. The van der Waals surface area contributed by atoms with Crippen molar-refractivity contribution >= 4 is 0 Å². The molecular formula is C18H35N3O. The third-order valence-electron chi connectivity index (χ3n) is 5.64. The molecule has 4 nitrogen and oxygen atoms in total. The molecule has 3 unspecified atom stereocenters. The molecule has 0 amide bonds. The fourth-order valence-corrected chi connectivity index (χ4v) is 4.52. The molecule has 0 saturated carbocycles. The zero-order valence-corrected chi connectivity index (χ0v) is 14.8. The minimum Gasteiger partial charge on any atom is -0.378 e.